The van der Waals surface area contributed by atoms with Crippen LogP contribution in [0.2, 0.25) is 0 Å². The summed E-state index contributed by atoms with van der Waals surface area (Å²) in [5.41, 5.74) is 4.98. The monoisotopic (exact) mass is 194 g/mol. The van der Waals surface area contributed by atoms with Gasteiger partial charge in [0.25, 0.3) is 0 Å². The molecule has 0 saturated heterocycles. The van der Waals surface area contributed by atoms with Crippen LogP contribution in [-0.4, -0.2) is 13.4 Å². The molecule has 3 nitrogen and oxygen atoms in total. The summed E-state index contributed by atoms with van der Waals surface area (Å²) in [4.78, 5) is 3.54. The Balaban J connectivity index is 4.67. The van der Waals surface area contributed by atoms with Crippen LogP contribution >= 0.6 is 23.2 Å². The lowest BCUT2D eigenvalue weighted by atomic mass is 10.5. The molecule has 2 N–H and O–H groups in total. The van der Waals surface area contributed by atoms with Crippen LogP contribution < -0.4 is 5.73 Å². The maximum Gasteiger partial charge on any atom is 0.174 e. The van der Waals surface area contributed by atoms with Crippen LogP contribution in [0, 0.1) is 0 Å². The minimum Gasteiger partial charge on any atom is -0.492 e. The summed E-state index contributed by atoms with van der Waals surface area (Å²) in [5, 5.41) is 0.262. The van der Waals surface area contributed by atoms with E-state index in [0.717, 1.165) is 6.34 Å². The van der Waals surface area contributed by atoms with E-state index in [0.29, 0.717) is 0 Å². The van der Waals surface area contributed by atoms with Gasteiger partial charge >= 0.3 is 0 Å². The Bertz CT molecular complexity index is 211. The number of nitrogens with two attached hydrogens (primary N) is 1. The number of rotatable bonds is 3. The van der Waals surface area contributed by atoms with Gasteiger partial charge < -0.3 is 10.5 Å². The second-order valence-electron chi connectivity index (χ2n) is 1.51. The highest BCUT2D eigenvalue weighted by Crippen LogP contribution is 2.20. The van der Waals surface area contributed by atoms with E-state index >= 15 is 0 Å². The van der Waals surface area contributed by atoms with Crippen LogP contribution in [0.4, 0.5) is 0 Å². The molecule has 0 aromatic heterocycles. The zero-order valence-electron chi connectivity index (χ0n) is 5.97. The average molecular weight is 195 g/mol. The van der Waals surface area contributed by atoms with Gasteiger partial charge in [0.15, 0.2) is 10.9 Å². The molecule has 0 radical (unpaired) electrons. The van der Waals surface area contributed by atoms with Gasteiger partial charge in [0.2, 0.25) is 0 Å². The molecule has 0 bridgehead atoms. The quantitative estimate of drug-likeness (QED) is 0.245. The van der Waals surface area contributed by atoms with Crippen molar-refractivity contribution in [3.63, 3.8) is 0 Å². The van der Waals surface area contributed by atoms with Gasteiger partial charge in [-0.1, -0.05) is 29.8 Å². The predicted octanol–water partition coefficient (Wildman–Crippen LogP) is 1.78. The Kier molecular flexibility index (Phi) is 4.74. The van der Waals surface area contributed by atoms with E-state index in [1.54, 1.807) is 0 Å². The van der Waals surface area contributed by atoms with Crippen LogP contribution in [-0.2, 0) is 4.74 Å². The molecule has 0 aliphatic carbocycles. The maximum atomic E-state index is 5.57. The topological polar surface area (TPSA) is 47.6 Å². The third kappa shape index (κ3) is 3.30. The Morgan fingerprint density at radius 1 is 1.64 bits per heavy atom. The first-order valence-corrected chi connectivity index (χ1v) is 3.41. The number of nitrogens with zero attached hydrogens (tertiary/aromatic N) is 1. The maximum absolute atomic E-state index is 5.57. The number of hydrogen-bond donors (Lipinski definition) is 1. The van der Waals surface area contributed by atoms with E-state index in [1.807, 2.05) is 0 Å². The molecule has 0 aliphatic rings. The zero-order chi connectivity index (χ0) is 8.85. The molecule has 5 heteroatoms. The van der Waals surface area contributed by atoms with Crippen LogP contribution in [0.25, 0.3) is 0 Å². The van der Waals surface area contributed by atoms with Crippen molar-refractivity contribution in [1.29, 1.82) is 0 Å². The van der Waals surface area contributed by atoms with E-state index < -0.39 is 0 Å². The lowest BCUT2D eigenvalue weighted by molar-refractivity contribution is 0.302. The first-order chi connectivity index (χ1) is 5.13. The van der Waals surface area contributed by atoms with Crippen LogP contribution in [0.5, 0.6) is 0 Å². The van der Waals surface area contributed by atoms with E-state index in [4.69, 9.17) is 33.7 Å². The highest BCUT2D eigenvalue weighted by Gasteiger charge is 2.04. The van der Waals surface area contributed by atoms with Crippen molar-refractivity contribution in [1.82, 2.24) is 0 Å². The number of ether oxygens (including phenoxy) is 1. The molecule has 0 aliphatic heterocycles. The van der Waals surface area contributed by atoms with Crippen molar-refractivity contribution in [3.8, 4) is 0 Å². The molecule has 0 atom stereocenters. The number of aliphatic imine (C=N–C) groups is 1. The molecule has 0 unspecified atom stereocenters. The van der Waals surface area contributed by atoms with Gasteiger partial charge in [-0.3, -0.25) is 0 Å². The van der Waals surface area contributed by atoms with E-state index in [2.05, 4.69) is 11.6 Å². The van der Waals surface area contributed by atoms with Crippen molar-refractivity contribution >= 4 is 29.5 Å². The van der Waals surface area contributed by atoms with Crippen LogP contribution in [0.1, 0.15) is 0 Å². The van der Waals surface area contributed by atoms with E-state index in [1.165, 1.54) is 7.11 Å². The van der Waals surface area contributed by atoms with Crippen LogP contribution in [0.15, 0.2) is 27.5 Å². The largest absolute Gasteiger partial charge is 0.492 e. The minimum absolute atomic E-state index is 0.0787. The fourth-order valence-corrected chi connectivity index (χ4v) is 0.894. The third-order valence-corrected chi connectivity index (χ3v) is 1.27. The molecule has 0 spiro atoms. The summed E-state index contributed by atoms with van der Waals surface area (Å²) in [6.07, 6.45) is 1.04. The van der Waals surface area contributed by atoms with Gasteiger partial charge in [0, 0.05) is 0 Å². The van der Waals surface area contributed by atoms with Crippen molar-refractivity contribution in [3.05, 3.63) is 22.5 Å². The normalized spacial score (nSPS) is 13.0. The molecule has 0 saturated carbocycles. The van der Waals surface area contributed by atoms with Crippen molar-refractivity contribution < 1.29 is 4.74 Å². The molecule has 62 valence electrons. The molecular formula is C6H8Cl2N2O. The van der Waals surface area contributed by atoms with Gasteiger partial charge in [-0.15, -0.1) is 0 Å². The standard InChI is InChI=1S/C6H8Cl2N2O/c1-4(7)5(11-2)6(8)10-3-9/h3H,1H2,2H3,(H2,9,10)/b6-5+. The van der Waals surface area contributed by atoms with Gasteiger partial charge in [0.1, 0.15) is 0 Å². The third-order valence-electron chi connectivity index (χ3n) is 0.826. The number of methoxy groups -OCH3 is 1. The van der Waals surface area contributed by atoms with Crippen molar-refractivity contribution in [2.75, 3.05) is 7.11 Å². The fourth-order valence-electron chi connectivity index (χ4n) is 0.431. The summed E-state index contributed by atoms with van der Waals surface area (Å²) >= 11 is 11.1. The minimum atomic E-state index is 0.0787. The summed E-state index contributed by atoms with van der Waals surface area (Å²) in [6, 6.07) is 0. The molecule has 0 fully saturated rings. The van der Waals surface area contributed by atoms with Gasteiger partial charge in [0.05, 0.1) is 18.5 Å². The SMILES string of the molecule is C=C(Cl)/C(OC)=C(Cl)\N=C/N. The highest BCUT2D eigenvalue weighted by atomic mass is 35.5. The molecule has 0 aromatic rings. The summed E-state index contributed by atoms with van der Waals surface area (Å²) < 4.78 is 4.77. The van der Waals surface area contributed by atoms with Gasteiger partial charge in [-0.25, -0.2) is 4.99 Å². The second kappa shape index (κ2) is 5.04. The van der Waals surface area contributed by atoms with Gasteiger partial charge in [-0.2, -0.15) is 0 Å². The first kappa shape index (κ1) is 10.3. The molecule has 11 heavy (non-hydrogen) atoms. The Morgan fingerprint density at radius 3 is 2.45 bits per heavy atom. The van der Waals surface area contributed by atoms with E-state index in [-0.39, 0.29) is 15.9 Å². The molecule has 0 rings (SSSR count). The first-order valence-electron chi connectivity index (χ1n) is 2.66. The molecule has 0 aromatic carbocycles. The molecule has 0 heterocycles. The summed E-state index contributed by atoms with van der Waals surface area (Å²) in [5.74, 6) is 0.218. The molecule has 0 amide bonds. The second-order valence-corrected chi connectivity index (χ2v) is 2.32. The van der Waals surface area contributed by atoms with Crippen molar-refractivity contribution in [2.24, 2.45) is 10.7 Å². The number of allylic oxidation sites excluding steroid dienone is 1. The summed E-state index contributed by atoms with van der Waals surface area (Å²) in [6.45, 7) is 3.41. The van der Waals surface area contributed by atoms with E-state index in [9.17, 15) is 0 Å². The Labute approximate surface area is 75.1 Å². The fraction of sp³-hybridized carbons (Fsp3) is 0.167. The molecular weight excluding hydrogens is 187 g/mol. The van der Waals surface area contributed by atoms with Crippen molar-refractivity contribution in [2.45, 2.75) is 0 Å². The summed E-state index contributed by atoms with van der Waals surface area (Å²) in [7, 11) is 1.41. The smallest absolute Gasteiger partial charge is 0.174 e. The Morgan fingerprint density at radius 2 is 2.18 bits per heavy atom. The van der Waals surface area contributed by atoms with Crippen LogP contribution in [0.3, 0.4) is 0 Å². The Hall–Kier alpha value is -0.670. The van der Waals surface area contributed by atoms with Gasteiger partial charge in [-0.05, 0) is 0 Å². The predicted molar refractivity (Wildman–Crippen MR) is 47.6 cm³/mol. The number of hydrogen-bond acceptors (Lipinski definition) is 2. The number of halogens is 2. The lowest BCUT2D eigenvalue weighted by Crippen LogP contribution is -1.92. The lowest BCUT2D eigenvalue weighted by Gasteiger charge is -2.02. The zero-order valence-corrected chi connectivity index (χ0v) is 7.49. The average Bonchev–Trinajstić information content (AvgIpc) is 1.88. The highest BCUT2D eigenvalue weighted by molar-refractivity contribution is 6.35.